The summed E-state index contributed by atoms with van der Waals surface area (Å²) in [7, 11) is 1.70. The fraction of sp³-hybridized carbons (Fsp3) is 0.545. The molecule has 0 saturated carbocycles. The molecule has 2 aliphatic heterocycles. The number of para-hydroxylation sites is 2. The normalized spacial score (nSPS) is 22.0. The number of halogens is 1. The third-order valence-corrected chi connectivity index (χ3v) is 5.77. The van der Waals surface area contributed by atoms with E-state index >= 15 is 0 Å². The van der Waals surface area contributed by atoms with Crippen molar-refractivity contribution in [2.75, 3.05) is 57.8 Å². The molecule has 2 aliphatic rings. The summed E-state index contributed by atoms with van der Waals surface area (Å²) in [5, 5.41) is 2.99. The Morgan fingerprint density at radius 3 is 2.50 bits per heavy atom. The van der Waals surface area contributed by atoms with Gasteiger partial charge in [0.15, 0.2) is 0 Å². The van der Waals surface area contributed by atoms with Gasteiger partial charge in [-0.25, -0.2) is 0 Å². The monoisotopic (exact) mass is 434 g/mol. The molecule has 1 aromatic carbocycles. The highest BCUT2D eigenvalue weighted by Crippen LogP contribution is 2.28. The Kier molecular flexibility index (Phi) is 8.97. The summed E-state index contributed by atoms with van der Waals surface area (Å²) in [6, 6.07) is 7.58. The minimum Gasteiger partial charge on any atom is -0.495 e. The van der Waals surface area contributed by atoms with E-state index in [1.807, 2.05) is 18.2 Å². The van der Waals surface area contributed by atoms with Gasteiger partial charge in [-0.05, 0) is 25.1 Å². The molecule has 0 bridgehead atoms. The second-order valence-corrected chi connectivity index (χ2v) is 7.53. The molecule has 3 rings (SSSR count). The van der Waals surface area contributed by atoms with Crippen molar-refractivity contribution in [3.8, 4) is 18.1 Å². The van der Waals surface area contributed by atoms with Gasteiger partial charge in [-0.2, -0.15) is 0 Å². The van der Waals surface area contributed by atoms with E-state index in [4.69, 9.17) is 11.2 Å². The van der Waals surface area contributed by atoms with Crippen LogP contribution < -0.4 is 15.0 Å². The van der Waals surface area contributed by atoms with E-state index in [-0.39, 0.29) is 30.1 Å². The minimum atomic E-state index is -0.497. The molecular formula is C22H31ClN4O3. The average Bonchev–Trinajstić information content (AvgIpc) is 2.95. The first kappa shape index (κ1) is 24.0. The van der Waals surface area contributed by atoms with E-state index in [0.29, 0.717) is 13.1 Å². The number of hydrogen-bond acceptors (Lipinski definition) is 6. The highest BCUT2D eigenvalue weighted by molar-refractivity contribution is 6.06. The van der Waals surface area contributed by atoms with Gasteiger partial charge in [0, 0.05) is 32.7 Å². The Morgan fingerprint density at radius 1 is 1.13 bits per heavy atom. The van der Waals surface area contributed by atoms with Gasteiger partial charge in [0.25, 0.3) is 0 Å². The third-order valence-electron chi connectivity index (χ3n) is 5.77. The molecule has 1 N–H and O–H groups in total. The van der Waals surface area contributed by atoms with Crippen molar-refractivity contribution < 1.29 is 14.3 Å². The number of benzene rings is 1. The van der Waals surface area contributed by atoms with Gasteiger partial charge in [-0.15, -0.1) is 18.8 Å². The van der Waals surface area contributed by atoms with Crippen molar-refractivity contribution in [2.24, 2.45) is 5.92 Å². The van der Waals surface area contributed by atoms with Gasteiger partial charge in [0.1, 0.15) is 5.75 Å². The van der Waals surface area contributed by atoms with Crippen molar-refractivity contribution >= 4 is 29.9 Å². The molecule has 2 amide bonds. The van der Waals surface area contributed by atoms with Crippen molar-refractivity contribution in [3.63, 3.8) is 0 Å². The Hall–Kier alpha value is -2.27. The smallest absolute Gasteiger partial charge is 0.247 e. The third kappa shape index (κ3) is 5.25. The van der Waals surface area contributed by atoms with E-state index < -0.39 is 6.04 Å². The van der Waals surface area contributed by atoms with Crippen molar-refractivity contribution in [3.05, 3.63) is 24.3 Å². The van der Waals surface area contributed by atoms with Crippen LogP contribution in [0.4, 0.5) is 5.69 Å². The summed E-state index contributed by atoms with van der Waals surface area (Å²) >= 11 is 0. The van der Waals surface area contributed by atoms with Crippen LogP contribution in [0, 0.1) is 18.3 Å². The first-order valence-corrected chi connectivity index (χ1v) is 10.2. The summed E-state index contributed by atoms with van der Waals surface area (Å²) in [5.74, 6) is 2.74. The molecule has 7 nitrogen and oxygen atoms in total. The molecule has 2 heterocycles. The molecule has 164 valence electrons. The maximum atomic E-state index is 12.5. The molecule has 30 heavy (non-hydrogen) atoms. The summed E-state index contributed by atoms with van der Waals surface area (Å²) in [5.41, 5.74) is 1.13. The number of terminal acetylenes is 1. The molecule has 8 heteroatoms. The number of piperazine rings is 1. The number of rotatable bonds is 8. The lowest BCUT2D eigenvalue weighted by atomic mass is 10.1. The van der Waals surface area contributed by atoms with Gasteiger partial charge >= 0.3 is 0 Å². The van der Waals surface area contributed by atoms with Gasteiger partial charge in [-0.3, -0.25) is 24.7 Å². The van der Waals surface area contributed by atoms with Crippen LogP contribution in [0.15, 0.2) is 24.3 Å². The largest absolute Gasteiger partial charge is 0.495 e. The number of carbonyl (C=O) groups is 2. The molecule has 0 radical (unpaired) electrons. The standard InChI is InChI=1S/C22H30N4O3.ClH/c1-4-10-23-20-17(2)21(27)26(22(20)28)12-7-11-24-13-15-25(16-14-24)18-8-5-6-9-19(18)29-3;/h1,5-6,8-9,17,20,23H,7,10-16H2,2-3H3;1H. The lowest BCUT2D eigenvalue weighted by Crippen LogP contribution is -2.47. The number of hydrogen-bond donors (Lipinski definition) is 1. The van der Waals surface area contributed by atoms with E-state index in [1.165, 1.54) is 4.90 Å². The number of anilines is 1. The number of nitrogens with zero attached hydrogens (tertiary/aromatic N) is 3. The lowest BCUT2D eigenvalue weighted by molar-refractivity contribution is -0.139. The molecule has 2 atom stereocenters. The van der Waals surface area contributed by atoms with Crippen LogP contribution in [0.5, 0.6) is 5.75 Å². The second-order valence-electron chi connectivity index (χ2n) is 7.53. The van der Waals surface area contributed by atoms with Crippen LogP contribution in [-0.4, -0.2) is 80.6 Å². The van der Waals surface area contributed by atoms with Gasteiger partial charge in [0.05, 0.1) is 31.3 Å². The van der Waals surface area contributed by atoms with E-state index in [2.05, 4.69) is 27.1 Å². The number of imide groups is 1. The number of methoxy groups -OCH3 is 1. The van der Waals surface area contributed by atoms with E-state index in [9.17, 15) is 9.59 Å². The van der Waals surface area contributed by atoms with Gasteiger partial charge in [-0.1, -0.05) is 25.0 Å². The number of amides is 2. The quantitative estimate of drug-likeness (QED) is 0.490. The number of ether oxygens (including phenoxy) is 1. The molecule has 0 aromatic heterocycles. The Morgan fingerprint density at radius 2 is 1.83 bits per heavy atom. The molecular weight excluding hydrogens is 404 g/mol. The topological polar surface area (TPSA) is 65.1 Å². The van der Waals surface area contributed by atoms with Gasteiger partial charge < -0.3 is 9.64 Å². The Bertz CT molecular complexity index is 774. The summed E-state index contributed by atoms with van der Waals surface area (Å²) in [6.45, 7) is 7.15. The molecule has 2 fully saturated rings. The summed E-state index contributed by atoms with van der Waals surface area (Å²) in [6.07, 6.45) is 6.03. The predicted molar refractivity (Wildman–Crippen MR) is 120 cm³/mol. The minimum absolute atomic E-state index is 0. The lowest BCUT2D eigenvalue weighted by Gasteiger charge is -2.36. The molecule has 0 spiro atoms. The van der Waals surface area contributed by atoms with Crippen molar-refractivity contribution in [2.45, 2.75) is 19.4 Å². The Balaban J connectivity index is 0.00000320. The predicted octanol–water partition coefficient (Wildman–Crippen LogP) is 1.23. The zero-order valence-electron chi connectivity index (χ0n) is 17.7. The SMILES string of the molecule is C#CCNC1C(=O)N(CCCN2CCN(c3ccccc3OC)CC2)C(=O)C1C.Cl. The van der Waals surface area contributed by atoms with Crippen LogP contribution in [0.2, 0.25) is 0 Å². The fourth-order valence-electron chi connectivity index (χ4n) is 4.09. The zero-order valence-corrected chi connectivity index (χ0v) is 18.5. The number of carbonyl (C=O) groups excluding carboxylic acids is 2. The first-order chi connectivity index (χ1) is 14.1. The van der Waals surface area contributed by atoms with Crippen LogP contribution in [0.25, 0.3) is 0 Å². The number of nitrogens with one attached hydrogen (secondary N) is 1. The van der Waals surface area contributed by atoms with Crippen LogP contribution in [0.1, 0.15) is 13.3 Å². The molecule has 2 unspecified atom stereocenters. The van der Waals surface area contributed by atoms with Crippen molar-refractivity contribution in [1.82, 2.24) is 15.1 Å². The second kappa shape index (κ2) is 11.2. The van der Waals surface area contributed by atoms with Crippen LogP contribution in [-0.2, 0) is 9.59 Å². The Labute approximate surface area is 185 Å². The van der Waals surface area contributed by atoms with Gasteiger partial charge in [0.2, 0.25) is 11.8 Å². The number of likely N-dealkylation sites (tertiary alicyclic amines) is 1. The fourth-order valence-corrected chi connectivity index (χ4v) is 4.09. The molecule has 0 aliphatic carbocycles. The van der Waals surface area contributed by atoms with E-state index in [1.54, 1.807) is 14.0 Å². The average molecular weight is 435 g/mol. The highest BCUT2D eigenvalue weighted by atomic mass is 35.5. The summed E-state index contributed by atoms with van der Waals surface area (Å²) in [4.78, 5) is 31.0. The van der Waals surface area contributed by atoms with Crippen LogP contribution in [0.3, 0.4) is 0 Å². The highest BCUT2D eigenvalue weighted by Gasteiger charge is 2.44. The van der Waals surface area contributed by atoms with Crippen molar-refractivity contribution in [1.29, 1.82) is 0 Å². The maximum Gasteiger partial charge on any atom is 0.247 e. The maximum absolute atomic E-state index is 12.5. The zero-order chi connectivity index (χ0) is 20.8. The van der Waals surface area contributed by atoms with Crippen LogP contribution >= 0.6 is 12.4 Å². The summed E-state index contributed by atoms with van der Waals surface area (Å²) < 4.78 is 5.47. The molecule has 1 aromatic rings. The molecule has 2 saturated heterocycles. The first-order valence-electron chi connectivity index (χ1n) is 10.2. The van der Waals surface area contributed by atoms with E-state index in [0.717, 1.165) is 50.6 Å².